The first kappa shape index (κ1) is 14.3. The van der Waals surface area contributed by atoms with Crippen molar-refractivity contribution in [2.24, 2.45) is 0 Å². The Morgan fingerprint density at radius 2 is 2.00 bits per heavy atom. The topological polar surface area (TPSA) is 32.3 Å². The molecule has 1 aromatic carbocycles. The molecule has 0 N–H and O–H groups in total. The fraction of sp³-hybridized carbons (Fsp3) is 0.500. The summed E-state index contributed by atoms with van der Waals surface area (Å²) in [7, 11) is 3.96. The van der Waals surface area contributed by atoms with Crippen molar-refractivity contribution in [2.45, 2.75) is 25.2 Å². The van der Waals surface area contributed by atoms with Crippen molar-refractivity contribution in [3.05, 3.63) is 35.9 Å². The molecule has 0 radical (unpaired) electrons. The molecule has 1 saturated heterocycles. The summed E-state index contributed by atoms with van der Waals surface area (Å²) in [5.41, 5.74) is 1.62. The summed E-state index contributed by atoms with van der Waals surface area (Å²) in [4.78, 5) is 9.00. The van der Waals surface area contributed by atoms with E-state index in [1.807, 2.05) is 19.0 Å². The van der Waals surface area contributed by atoms with Crippen molar-refractivity contribution in [3.63, 3.8) is 0 Å². The predicted octanol–water partition coefficient (Wildman–Crippen LogP) is 3.16. The molecule has 0 amide bonds. The van der Waals surface area contributed by atoms with Crippen molar-refractivity contribution in [3.8, 4) is 0 Å². The molecule has 1 aliphatic heterocycles. The van der Waals surface area contributed by atoms with Crippen LogP contribution in [0.2, 0.25) is 0 Å². The first-order chi connectivity index (χ1) is 10.1. The van der Waals surface area contributed by atoms with Gasteiger partial charge in [-0.15, -0.1) is 0 Å². The molecule has 0 bridgehead atoms. The zero-order chi connectivity index (χ0) is 14.9. The Balaban J connectivity index is 1.82. The van der Waals surface area contributed by atoms with E-state index in [0.717, 1.165) is 24.2 Å². The lowest BCUT2D eigenvalue weighted by molar-refractivity contribution is 0.373. The van der Waals surface area contributed by atoms with Gasteiger partial charge in [0.05, 0.1) is 0 Å². The van der Waals surface area contributed by atoms with Crippen LogP contribution in [-0.4, -0.2) is 36.5 Å². The van der Waals surface area contributed by atoms with Crippen molar-refractivity contribution in [1.29, 1.82) is 0 Å². The van der Waals surface area contributed by atoms with Crippen LogP contribution in [0.4, 0.5) is 11.1 Å². The van der Waals surface area contributed by atoms with E-state index in [0.29, 0.717) is 0 Å². The third kappa shape index (κ3) is 2.88. The number of piperidine rings is 1. The number of aromatic nitrogens is 2. The van der Waals surface area contributed by atoms with Gasteiger partial charge < -0.3 is 9.80 Å². The molecular formula is C16H22N4S. The van der Waals surface area contributed by atoms with Gasteiger partial charge in [-0.2, -0.15) is 9.36 Å². The van der Waals surface area contributed by atoms with Gasteiger partial charge in [-0.05, 0) is 18.4 Å². The highest BCUT2D eigenvalue weighted by Crippen LogP contribution is 2.36. The first-order valence-electron chi connectivity index (χ1n) is 7.40. The summed E-state index contributed by atoms with van der Waals surface area (Å²) in [6.07, 6.45) is 2.43. The third-order valence-electron chi connectivity index (χ3n) is 4.24. The van der Waals surface area contributed by atoms with Crippen LogP contribution in [0.1, 0.15) is 25.3 Å². The highest BCUT2D eigenvalue weighted by molar-refractivity contribution is 7.09. The van der Waals surface area contributed by atoms with E-state index in [1.165, 1.54) is 29.9 Å². The number of benzene rings is 1. The Morgan fingerprint density at radius 3 is 2.67 bits per heavy atom. The number of hydrogen-bond acceptors (Lipinski definition) is 5. The Morgan fingerprint density at radius 1 is 1.24 bits per heavy atom. The number of anilines is 2. The smallest absolute Gasteiger partial charge is 0.238 e. The van der Waals surface area contributed by atoms with E-state index in [4.69, 9.17) is 0 Å². The van der Waals surface area contributed by atoms with Gasteiger partial charge in [-0.1, -0.05) is 37.3 Å². The number of hydrogen-bond donors (Lipinski definition) is 0. The van der Waals surface area contributed by atoms with Crippen LogP contribution < -0.4 is 9.80 Å². The van der Waals surface area contributed by atoms with Gasteiger partial charge >= 0.3 is 0 Å². The maximum atomic E-state index is 4.65. The Labute approximate surface area is 130 Å². The van der Waals surface area contributed by atoms with Crippen LogP contribution in [0.15, 0.2) is 30.3 Å². The molecule has 21 heavy (non-hydrogen) atoms. The molecule has 112 valence electrons. The third-order valence-corrected chi connectivity index (χ3v) is 5.01. The lowest BCUT2D eigenvalue weighted by Crippen LogP contribution is -2.44. The summed E-state index contributed by atoms with van der Waals surface area (Å²) in [6, 6.07) is 10.8. The highest BCUT2D eigenvalue weighted by Gasteiger charge is 2.33. The van der Waals surface area contributed by atoms with E-state index < -0.39 is 0 Å². The van der Waals surface area contributed by atoms with Crippen LogP contribution in [0, 0.1) is 0 Å². The van der Waals surface area contributed by atoms with Crippen LogP contribution in [0.3, 0.4) is 0 Å². The maximum Gasteiger partial charge on any atom is 0.238 e. The van der Waals surface area contributed by atoms with E-state index >= 15 is 0 Å². The van der Waals surface area contributed by atoms with E-state index in [9.17, 15) is 0 Å². The first-order valence-corrected chi connectivity index (χ1v) is 8.17. The summed E-state index contributed by atoms with van der Waals surface area (Å²) < 4.78 is 4.43. The minimum absolute atomic E-state index is 0.198. The number of nitrogens with zero attached hydrogens (tertiary/aromatic N) is 4. The minimum atomic E-state index is 0.198. The molecule has 0 aliphatic carbocycles. The Bertz CT molecular complexity index is 595. The molecule has 0 saturated carbocycles. The largest absolute Gasteiger partial charge is 0.346 e. The van der Waals surface area contributed by atoms with Crippen LogP contribution in [0.25, 0.3) is 0 Å². The fourth-order valence-electron chi connectivity index (χ4n) is 3.00. The van der Waals surface area contributed by atoms with Crippen molar-refractivity contribution in [1.82, 2.24) is 9.36 Å². The molecule has 1 fully saturated rings. The summed E-state index contributed by atoms with van der Waals surface area (Å²) in [6.45, 7) is 4.45. The van der Waals surface area contributed by atoms with Gasteiger partial charge in [0.15, 0.2) is 0 Å². The van der Waals surface area contributed by atoms with Crippen molar-refractivity contribution < 1.29 is 0 Å². The summed E-state index contributed by atoms with van der Waals surface area (Å²) >= 11 is 1.50. The second kappa shape index (κ2) is 5.64. The van der Waals surface area contributed by atoms with E-state index in [1.54, 1.807) is 0 Å². The van der Waals surface area contributed by atoms with Gasteiger partial charge in [0.2, 0.25) is 11.1 Å². The molecular weight excluding hydrogens is 280 g/mol. The van der Waals surface area contributed by atoms with E-state index in [-0.39, 0.29) is 5.41 Å². The molecule has 2 aromatic rings. The molecule has 2 heterocycles. The molecule has 5 heteroatoms. The molecule has 4 nitrogen and oxygen atoms in total. The van der Waals surface area contributed by atoms with Crippen LogP contribution in [-0.2, 0) is 5.41 Å². The zero-order valence-electron chi connectivity index (χ0n) is 12.9. The van der Waals surface area contributed by atoms with Gasteiger partial charge in [0.1, 0.15) is 0 Å². The predicted molar refractivity (Wildman–Crippen MR) is 89.5 cm³/mol. The van der Waals surface area contributed by atoms with Gasteiger partial charge in [-0.25, -0.2) is 0 Å². The normalized spacial score (nSPS) is 22.3. The zero-order valence-corrected chi connectivity index (χ0v) is 13.7. The highest BCUT2D eigenvalue weighted by atomic mass is 32.1. The SMILES string of the molecule is CN(C)c1nsc(N2CCC[C@@](C)(c3ccccc3)C2)n1. The second-order valence-electron chi connectivity index (χ2n) is 6.22. The molecule has 1 atom stereocenters. The van der Waals surface area contributed by atoms with E-state index in [2.05, 4.69) is 51.5 Å². The van der Waals surface area contributed by atoms with Crippen LogP contribution >= 0.6 is 11.5 Å². The molecule has 1 aromatic heterocycles. The van der Waals surface area contributed by atoms with Crippen LogP contribution in [0.5, 0.6) is 0 Å². The standard InChI is InChI=1S/C16H22N4S/c1-16(13-8-5-4-6-9-13)10-7-11-20(12-16)15-17-14(18-21-15)19(2)3/h4-6,8-9H,7,10-12H2,1-3H3/t16-/m1/s1. The monoisotopic (exact) mass is 302 g/mol. The fourth-order valence-corrected chi connectivity index (χ4v) is 3.76. The average molecular weight is 302 g/mol. The summed E-state index contributed by atoms with van der Waals surface area (Å²) in [5.74, 6) is 0.807. The minimum Gasteiger partial charge on any atom is -0.346 e. The Kier molecular flexibility index (Phi) is 3.85. The Hall–Kier alpha value is -1.62. The molecule has 0 unspecified atom stereocenters. The lowest BCUT2D eigenvalue weighted by atomic mass is 9.76. The molecule has 1 aliphatic rings. The molecule has 0 spiro atoms. The average Bonchev–Trinajstić information content (AvgIpc) is 2.98. The van der Waals surface area contributed by atoms with Gasteiger partial charge in [-0.3, -0.25) is 0 Å². The van der Waals surface area contributed by atoms with Crippen molar-refractivity contribution >= 4 is 22.6 Å². The van der Waals surface area contributed by atoms with Gasteiger partial charge in [0.25, 0.3) is 0 Å². The van der Waals surface area contributed by atoms with Gasteiger partial charge in [0, 0.05) is 44.1 Å². The lowest BCUT2D eigenvalue weighted by Gasteiger charge is -2.40. The maximum absolute atomic E-state index is 4.65. The second-order valence-corrected chi connectivity index (χ2v) is 6.95. The number of rotatable bonds is 3. The quantitative estimate of drug-likeness (QED) is 0.872. The molecule has 3 rings (SSSR count). The summed E-state index contributed by atoms with van der Waals surface area (Å²) in [5, 5.41) is 1.04. The van der Waals surface area contributed by atoms with Crippen molar-refractivity contribution in [2.75, 3.05) is 37.0 Å².